The minimum Gasteiger partial charge on any atom is -0.352 e. The molecule has 0 unspecified atom stereocenters. The largest absolute Gasteiger partial charge is 0.352 e. The van der Waals surface area contributed by atoms with Crippen molar-refractivity contribution in [3.63, 3.8) is 0 Å². The van der Waals surface area contributed by atoms with E-state index < -0.39 is 0 Å². The van der Waals surface area contributed by atoms with Crippen molar-refractivity contribution in [1.29, 1.82) is 0 Å². The summed E-state index contributed by atoms with van der Waals surface area (Å²) >= 11 is 6.12. The molecule has 10 heteroatoms. The number of amides is 2. The molecule has 0 radical (unpaired) electrons. The number of carbonyl (C=O) groups excluding carboxylic acids is 2. The fourth-order valence-corrected chi connectivity index (χ4v) is 4.16. The molecule has 2 aromatic rings. The zero-order valence-corrected chi connectivity index (χ0v) is 17.3. The topological polar surface area (TPSA) is 87.2 Å². The van der Waals surface area contributed by atoms with Crippen molar-refractivity contribution in [3.05, 3.63) is 28.7 Å². The summed E-state index contributed by atoms with van der Waals surface area (Å²) in [4.78, 5) is 25.3. The number of rotatable bonds is 8. The summed E-state index contributed by atoms with van der Waals surface area (Å²) in [6, 6.07) is 8.05. The van der Waals surface area contributed by atoms with Gasteiger partial charge in [0.25, 0.3) is 0 Å². The zero-order valence-electron chi connectivity index (χ0n) is 14.1. The second kappa shape index (κ2) is 8.83. The van der Waals surface area contributed by atoms with Crippen LogP contribution < -0.4 is 10.6 Å². The van der Waals surface area contributed by atoms with E-state index >= 15 is 0 Å². The highest BCUT2D eigenvalue weighted by Crippen LogP contribution is 2.28. The van der Waals surface area contributed by atoms with E-state index in [1.54, 1.807) is 7.05 Å². The van der Waals surface area contributed by atoms with Crippen LogP contribution in [0.5, 0.6) is 0 Å². The quantitative estimate of drug-likeness (QED) is 0.595. The van der Waals surface area contributed by atoms with Crippen LogP contribution in [0, 0.1) is 0 Å². The molecule has 0 bridgehead atoms. The maximum atomic E-state index is 12.1. The summed E-state index contributed by atoms with van der Waals surface area (Å²) in [5.41, 5.74) is 0.907. The van der Waals surface area contributed by atoms with Gasteiger partial charge in [0, 0.05) is 23.2 Å². The molecular weight excluding hydrogens is 438 g/mol. The molecule has 1 saturated carbocycles. The summed E-state index contributed by atoms with van der Waals surface area (Å²) in [5, 5.41) is 14.9. The molecule has 138 valence electrons. The number of halogens is 1. The predicted octanol–water partition coefficient (Wildman–Crippen LogP) is 2.87. The average Bonchev–Trinajstić information content (AvgIpc) is 3.29. The standard InChI is InChI=1S/C16H18BrN5O2S2/c1-22(8-13(23)18-11-5-6-11)14(24)9-25-16-21-20-15(26-16)19-12-4-2-3-10(17)7-12/h2-4,7,11H,5-6,8-9H2,1H3,(H,18,23)(H,19,20). The number of carbonyl (C=O) groups is 2. The van der Waals surface area contributed by atoms with Gasteiger partial charge in [-0.1, -0.05) is 45.1 Å². The Kier molecular flexibility index (Phi) is 6.49. The Balaban J connectivity index is 1.44. The minimum atomic E-state index is -0.113. The molecule has 26 heavy (non-hydrogen) atoms. The first-order valence-corrected chi connectivity index (χ1v) is 10.6. The van der Waals surface area contributed by atoms with Crippen LogP contribution in [0.25, 0.3) is 0 Å². The van der Waals surface area contributed by atoms with Crippen molar-refractivity contribution < 1.29 is 9.59 Å². The maximum absolute atomic E-state index is 12.1. The molecule has 0 saturated heterocycles. The van der Waals surface area contributed by atoms with Gasteiger partial charge >= 0.3 is 0 Å². The monoisotopic (exact) mass is 455 g/mol. The van der Waals surface area contributed by atoms with E-state index in [0.29, 0.717) is 15.5 Å². The molecule has 0 spiro atoms. The van der Waals surface area contributed by atoms with Crippen molar-refractivity contribution >= 4 is 61.7 Å². The van der Waals surface area contributed by atoms with Gasteiger partial charge < -0.3 is 15.5 Å². The Bertz CT molecular complexity index is 796. The molecule has 2 N–H and O–H groups in total. The summed E-state index contributed by atoms with van der Waals surface area (Å²) in [7, 11) is 1.63. The van der Waals surface area contributed by atoms with E-state index in [0.717, 1.165) is 23.0 Å². The number of likely N-dealkylation sites (N-methyl/N-ethyl adjacent to an activating group) is 1. The van der Waals surface area contributed by atoms with Crippen LogP contribution in [0.3, 0.4) is 0 Å². The van der Waals surface area contributed by atoms with Gasteiger partial charge in [0.2, 0.25) is 16.9 Å². The highest BCUT2D eigenvalue weighted by molar-refractivity contribution is 9.10. The van der Waals surface area contributed by atoms with Crippen molar-refractivity contribution in [2.24, 2.45) is 0 Å². The van der Waals surface area contributed by atoms with Crippen LogP contribution in [-0.4, -0.2) is 52.3 Å². The highest BCUT2D eigenvalue weighted by atomic mass is 79.9. The Hall–Kier alpha value is -1.65. The number of anilines is 2. The molecular formula is C16H18BrN5O2S2. The maximum Gasteiger partial charge on any atom is 0.239 e. The summed E-state index contributed by atoms with van der Waals surface area (Å²) in [5.74, 6) is 0.000977. The van der Waals surface area contributed by atoms with E-state index in [4.69, 9.17) is 0 Å². The minimum absolute atomic E-state index is 0.0850. The number of nitrogens with zero attached hydrogens (tertiary/aromatic N) is 3. The van der Waals surface area contributed by atoms with Crippen molar-refractivity contribution in [2.75, 3.05) is 24.7 Å². The molecule has 1 fully saturated rings. The molecule has 3 rings (SSSR count). The van der Waals surface area contributed by atoms with E-state index in [2.05, 4.69) is 36.8 Å². The predicted molar refractivity (Wildman–Crippen MR) is 107 cm³/mol. The Morgan fingerprint density at radius 2 is 2.19 bits per heavy atom. The smallest absolute Gasteiger partial charge is 0.239 e. The number of aromatic nitrogens is 2. The van der Waals surface area contributed by atoms with E-state index in [-0.39, 0.29) is 24.1 Å². The van der Waals surface area contributed by atoms with Gasteiger partial charge in [0.05, 0.1) is 12.3 Å². The fraction of sp³-hybridized carbons (Fsp3) is 0.375. The lowest BCUT2D eigenvalue weighted by Gasteiger charge is -2.16. The van der Waals surface area contributed by atoms with Gasteiger partial charge in [0.15, 0.2) is 4.34 Å². The second-order valence-electron chi connectivity index (χ2n) is 5.89. The lowest BCUT2D eigenvalue weighted by Crippen LogP contribution is -2.39. The van der Waals surface area contributed by atoms with Crippen molar-refractivity contribution in [2.45, 2.75) is 23.2 Å². The summed E-state index contributed by atoms with van der Waals surface area (Å²) < 4.78 is 1.67. The third-order valence-corrected chi connectivity index (χ3v) is 6.00. The average molecular weight is 456 g/mol. The summed E-state index contributed by atoms with van der Waals surface area (Å²) in [6.45, 7) is 0.0850. The van der Waals surface area contributed by atoms with Gasteiger partial charge in [-0.2, -0.15) is 0 Å². The lowest BCUT2D eigenvalue weighted by molar-refractivity contribution is -0.132. The van der Waals surface area contributed by atoms with E-state index in [1.165, 1.54) is 28.0 Å². The van der Waals surface area contributed by atoms with Gasteiger partial charge in [-0.15, -0.1) is 10.2 Å². The van der Waals surface area contributed by atoms with Crippen molar-refractivity contribution in [3.8, 4) is 0 Å². The molecule has 1 aliphatic rings. The van der Waals surface area contributed by atoms with Crippen LogP contribution in [-0.2, 0) is 9.59 Å². The third-order valence-electron chi connectivity index (χ3n) is 3.55. The fourth-order valence-electron chi connectivity index (χ4n) is 2.05. The van der Waals surface area contributed by atoms with Crippen molar-refractivity contribution in [1.82, 2.24) is 20.4 Å². The van der Waals surface area contributed by atoms with Crippen LogP contribution in [0.1, 0.15) is 12.8 Å². The molecule has 1 heterocycles. The Labute approximate surface area is 168 Å². The first kappa shape index (κ1) is 19.1. The lowest BCUT2D eigenvalue weighted by atomic mass is 10.3. The number of benzene rings is 1. The second-order valence-corrected chi connectivity index (χ2v) is 9.00. The van der Waals surface area contributed by atoms with Gasteiger partial charge in [-0.3, -0.25) is 9.59 Å². The normalized spacial score (nSPS) is 13.3. The number of hydrogen-bond donors (Lipinski definition) is 2. The third kappa shape index (κ3) is 5.96. The molecule has 7 nitrogen and oxygen atoms in total. The zero-order chi connectivity index (χ0) is 18.5. The number of hydrogen-bond acceptors (Lipinski definition) is 7. The number of thioether (sulfide) groups is 1. The van der Waals surface area contributed by atoms with Gasteiger partial charge in [-0.05, 0) is 31.0 Å². The van der Waals surface area contributed by atoms with Crippen LogP contribution in [0.4, 0.5) is 10.8 Å². The van der Waals surface area contributed by atoms with E-state index in [9.17, 15) is 9.59 Å². The molecule has 0 atom stereocenters. The van der Waals surface area contributed by atoms with Crippen LogP contribution in [0.2, 0.25) is 0 Å². The molecule has 0 aliphatic heterocycles. The first-order chi connectivity index (χ1) is 12.5. The Morgan fingerprint density at radius 3 is 2.92 bits per heavy atom. The molecule has 1 aromatic carbocycles. The van der Waals surface area contributed by atoms with Crippen LogP contribution in [0.15, 0.2) is 33.1 Å². The molecule has 2 amide bonds. The summed E-state index contributed by atoms with van der Waals surface area (Å²) in [6.07, 6.45) is 2.07. The number of nitrogens with one attached hydrogen (secondary N) is 2. The Morgan fingerprint density at radius 1 is 1.38 bits per heavy atom. The van der Waals surface area contributed by atoms with E-state index in [1.807, 2.05) is 24.3 Å². The highest BCUT2D eigenvalue weighted by Gasteiger charge is 2.24. The molecule has 1 aromatic heterocycles. The van der Waals surface area contributed by atoms with Gasteiger partial charge in [0.1, 0.15) is 0 Å². The first-order valence-electron chi connectivity index (χ1n) is 8.02. The SMILES string of the molecule is CN(CC(=O)NC1CC1)C(=O)CSc1nnc(Nc2cccc(Br)c2)s1. The van der Waals surface area contributed by atoms with Gasteiger partial charge in [-0.25, -0.2) is 0 Å². The molecule has 1 aliphatic carbocycles. The van der Waals surface area contributed by atoms with Crippen LogP contribution >= 0.6 is 39.0 Å².